The highest BCUT2D eigenvalue weighted by Gasteiger charge is 2.31. The molecule has 1 aromatic heterocycles. The predicted octanol–water partition coefficient (Wildman–Crippen LogP) is 4.58. The Morgan fingerprint density at radius 1 is 1.43 bits per heavy atom. The average molecular weight is 385 g/mol. The van der Waals surface area contributed by atoms with E-state index in [4.69, 9.17) is 11.6 Å². The number of nitrogens with zero attached hydrogens (tertiary/aromatic N) is 1. The van der Waals surface area contributed by atoms with Crippen molar-refractivity contribution in [3.63, 3.8) is 0 Å². The quantitative estimate of drug-likeness (QED) is 0.694. The smallest absolute Gasteiger partial charge is 0.233 e. The van der Waals surface area contributed by atoms with Crippen molar-refractivity contribution in [1.82, 2.24) is 4.90 Å². The van der Waals surface area contributed by atoms with Crippen LogP contribution in [0.15, 0.2) is 30.3 Å². The number of amides is 1. The van der Waals surface area contributed by atoms with E-state index in [1.807, 2.05) is 11.0 Å². The molecule has 1 aliphatic rings. The lowest BCUT2D eigenvalue weighted by atomic mass is 9.86. The molecule has 3 rings (SSSR count). The first-order valence-electron chi connectivity index (χ1n) is 6.77. The summed E-state index contributed by atoms with van der Waals surface area (Å²) in [5.74, 6) is 0.338. The van der Waals surface area contributed by atoms with Crippen molar-refractivity contribution >= 4 is 44.8 Å². The molecule has 21 heavy (non-hydrogen) atoms. The number of thiophene rings is 1. The first-order valence-corrected chi connectivity index (χ1v) is 9.09. The van der Waals surface area contributed by atoms with Gasteiger partial charge in [-0.2, -0.15) is 0 Å². The summed E-state index contributed by atoms with van der Waals surface area (Å²) < 4.78 is 0.798. The van der Waals surface area contributed by atoms with Crippen LogP contribution in [-0.4, -0.2) is 22.7 Å². The van der Waals surface area contributed by atoms with Gasteiger partial charge in [0.1, 0.15) is 0 Å². The van der Waals surface area contributed by atoms with Crippen LogP contribution in [0.3, 0.4) is 0 Å². The van der Waals surface area contributed by atoms with Gasteiger partial charge in [-0.1, -0.05) is 51.8 Å². The predicted molar refractivity (Wildman–Crippen MR) is 91.6 cm³/mol. The van der Waals surface area contributed by atoms with Crippen molar-refractivity contribution in [2.24, 2.45) is 0 Å². The van der Waals surface area contributed by atoms with Crippen molar-refractivity contribution in [3.05, 3.63) is 56.2 Å². The van der Waals surface area contributed by atoms with Gasteiger partial charge in [0.25, 0.3) is 0 Å². The fourth-order valence-electron chi connectivity index (χ4n) is 2.90. The van der Waals surface area contributed by atoms with Gasteiger partial charge in [0, 0.05) is 17.3 Å². The van der Waals surface area contributed by atoms with Crippen LogP contribution in [0.2, 0.25) is 4.34 Å². The summed E-state index contributed by atoms with van der Waals surface area (Å²) in [5.41, 5.74) is 3.81. The van der Waals surface area contributed by atoms with Gasteiger partial charge in [0.15, 0.2) is 0 Å². The number of hydrogen-bond donors (Lipinski definition) is 0. The Morgan fingerprint density at radius 2 is 2.19 bits per heavy atom. The third-order valence-electron chi connectivity index (χ3n) is 3.96. The van der Waals surface area contributed by atoms with E-state index in [0.717, 1.165) is 10.9 Å². The Kier molecular flexibility index (Phi) is 4.38. The van der Waals surface area contributed by atoms with E-state index in [0.29, 0.717) is 11.9 Å². The molecule has 0 aliphatic carbocycles. The zero-order valence-corrected chi connectivity index (χ0v) is 14.8. The topological polar surface area (TPSA) is 20.3 Å². The minimum Gasteiger partial charge on any atom is -0.336 e. The molecule has 1 atom stereocenters. The van der Waals surface area contributed by atoms with Crippen LogP contribution in [0.5, 0.6) is 0 Å². The number of rotatable bonds is 2. The molecule has 0 unspecified atom stereocenters. The summed E-state index contributed by atoms with van der Waals surface area (Å²) in [7, 11) is 0. The van der Waals surface area contributed by atoms with Crippen LogP contribution in [0, 0.1) is 6.92 Å². The van der Waals surface area contributed by atoms with E-state index >= 15 is 0 Å². The highest BCUT2D eigenvalue weighted by Crippen LogP contribution is 2.40. The molecule has 2 nitrogen and oxygen atoms in total. The van der Waals surface area contributed by atoms with E-state index in [2.05, 4.69) is 47.1 Å². The van der Waals surface area contributed by atoms with Crippen LogP contribution < -0.4 is 0 Å². The average Bonchev–Trinajstić information content (AvgIpc) is 2.86. The van der Waals surface area contributed by atoms with Crippen LogP contribution in [0.25, 0.3) is 0 Å². The minimum absolute atomic E-state index is 0.128. The van der Waals surface area contributed by atoms with Crippen LogP contribution in [-0.2, 0) is 11.3 Å². The summed E-state index contributed by atoms with van der Waals surface area (Å²) in [6, 6.07) is 10.4. The second-order valence-corrected chi connectivity index (χ2v) is 7.57. The van der Waals surface area contributed by atoms with Crippen molar-refractivity contribution < 1.29 is 4.79 Å². The summed E-state index contributed by atoms with van der Waals surface area (Å²) >= 11 is 11.1. The lowest BCUT2D eigenvalue weighted by Gasteiger charge is -2.33. The number of carbonyl (C=O) groups excluding carboxylic acids is 1. The zero-order valence-electron chi connectivity index (χ0n) is 11.6. The molecule has 1 amide bonds. The van der Waals surface area contributed by atoms with Gasteiger partial charge in [-0.3, -0.25) is 4.79 Å². The van der Waals surface area contributed by atoms with Crippen molar-refractivity contribution in [2.75, 3.05) is 11.9 Å². The summed E-state index contributed by atoms with van der Waals surface area (Å²) in [6.45, 7) is 3.50. The summed E-state index contributed by atoms with van der Waals surface area (Å²) in [6.07, 6.45) is 0. The maximum Gasteiger partial charge on any atom is 0.233 e. The van der Waals surface area contributed by atoms with Crippen molar-refractivity contribution in [1.29, 1.82) is 0 Å². The van der Waals surface area contributed by atoms with Crippen LogP contribution in [0.1, 0.15) is 27.5 Å². The van der Waals surface area contributed by atoms with Gasteiger partial charge in [-0.05, 0) is 29.7 Å². The highest BCUT2D eigenvalue weighted by molar-refractivity contribution is 9.09. The molecular formula is C16H15BrClNOS. The molecule has 0 saturated heterocycles. The Balaban J connectivity index is 2.06. The lowest BCUT2D eigenvalue weighted by Crippen LogP contribution is -2.38. The van der Waals surface area contributed by atoms with E-state index in [1.54, 1.807) is 11.3 Å². The van der Waals surface area contributed by atoms with E-state index < -0.39 is 0 Å². The Hall–Kier alpha value is -0.840. The van der Waals surface area contributed by atoms with Gasteiger partial charge in [-0.15, -0.1) is 11.3 Å². The largest absolute Gasteiger partial charge is 0.336 e. The Bertz CT molecular complexity index is 685. The molecule has 2 heterocycles. The second-order valence-electron chi connectivity index (χ2n) is 5.25. The number of hydrogen-bond acceptors (Lipinski definition) is 2. The second kappa shape index (κ2) is 6.11. The van der Waals surface area contributed by atoms with Gasteiger partial charge in [0.2, 0.25) is 5.91 Å². The van der Waals surface area contributed by atoms with Crippen LogP contribution >= 0.6 is 38.9 Å². The number of benzene rings is 1. The summed E-state index contributed by atoms with van der Waals surface area (Å²) in [5, 5.41) is 0.363. The molecule has 1 aliphatic heterocycles. The highest BCUT2D eigenvalue weighted by atomic mass is 79.9. The summed E-state index contributed by atoms with van der Waals surface area (Å²) in [4.78, 5) is 15.2. The number of fused-ring (bicyclic) bond motifs is 1. The molecule has 0 radical (unpaired) electrons. The fraction of sp³-hybridized carbons (Fsp3) is 0.312. The van der Waals surface area contributed by atoms with Crippen molar-refractivity contribution in [2.45, 2.75) is 19.4 Å². The van der Waals surface area contributed by atoms with Crippen molar-refractivity contribution in [3.8, 4) is 0 Å². The maximum atomic E-state index is 12.1. The fourth-order valence-corrected chi connectivity index (χ4v) is 4.61. The lowest BCUT2D eigenvalue weighted by molar-refractivity contribution is -0.129. The SMILES string of the molecule is Cc1ccccc1[C@@H]1CN(C(=O)CBr)Cc2sc(Cl)cc21. The molecule has 5 heteroatoms. The first-order chi connectivity index (χ1) is 10.1. The minimum atomic E-state index is 0.128. The molecule has 110 valence electrons. The van der Waals surface area contributed by atoms with Gasteiger partial charge in [-0.25, -0.2) is 0 Å². The Labute approximate surface area is 141 Å². The molecule has 0 fully saturated rings. The normalized spacial score (nSPS) is 17.7. The molecule has 0 bridgehead atoms. The van der Waals surface area contributed by atoms with Gasteiger partial charge >= 0.3 is 0 Å². The third-order valence-corrected chi connectivity index (χ3v) is 5.70. The molecular weight excluding hydrogens is 370 g/mol. The maximum absolute atomic E-state index is 12.1. The Morgan fingerprint density at radius 3 is 2.90 bits per heavy atom. The van der Waals surface area contributed by atoms with Crippen LogP contribution in [0.4, 0.5) is 0 Å². The number of halogens is 2. The zero-order chi connectivity index (χ0) is 15.0. The van der Waals surface area contributed by atoms with E-state index in [-0.39, 0.29) is 11.8 Å². The van der Waals surface area contributed by atoms with Gasteiger partial charge < -0.3 is 4.90 Å². The standard InChI is InChI=1S/C16H15BrClNOS/c1-10-4-2-3-5-11(10)13-8-19(16(20)7-17)9-14-12(13)6-15(18)21-14/h2-6,13H,7-9H2,1H3/t13-/m0/s1. The first kappa shape index (κ1) is 15.1. The number of carbonyl (C=O) groups is 1. The van der Waals surface area contributed by atoms with Gasteiger partial charge in [0.05, 0.1) is 16.2 Å². The molecule has 0 saturated carbocycles. The molecule has 1 aromatic carbocycles. The molecule has 0 spiro atoms. The third kappa shape index (κ3) is 2.89. The monoisotopic (exact) mass is 383 g/mol. The molecule has 2 aromatic rings. The number of alkyl halides is 1. The van der Waals surface area contributed by atoms with E-state index in [1.165, 1.54) is 21.6 Å². The van der Waals surface area contributed by atoms with E-state index in [9.17, 15) is 4.79 Å². The molecule has 0 N–H and O–H groups in total. The number of aryl methyl sites for hydroxylation is 1.